The second-order valence-corrected chi connectivity index (χ2v) is 12.9. The van der Waals surface area contributed by atoms with Crippen LogP contribution in [-0.2, 0) is 9.59 Å². The fourth-order valence-electron chi connectivity index (χ4n) is 9.18. The number of amides is 1. The number of nitrogens with zero attached hydrogens (tertiary/aromatic N) is 1. The Kier molecular flexibility index (Phi) is 6.04. The molecule has 6 atom stereocenters. The average Bonchev–Trinajstić information content (AvgIpc) is 3.24. The first-order valence-corrected chi connectivity index (χ1v) is 14.4. The minimum Gasteiger partial charge on any atom is -0.387 e. The van der Waals surface area contributed by atoms with Crippen molar-refractivity contribution in [3.63, 3.8) is 0 Å². The molecule has 1 saturated heterocycles. The van der Waals surface area contributed by atoms with Crippen molar-refractivity contribution in [2.75, 3.05) is 11.4 Å². The van der Waals surface area contributed by atoms with Gasteiger partial charge in [-0.25, -0.2) is 4.39 Å². The van der Waals surface area contributed by atoms with Crippen molar-refractivity contribution in [3.05, 3.63) is 41.9 Å². The lowest BCUT2D eigenvalue weighted by Crippen LogP contribution is -2.57. The van der Waals surface area contributed by atoms with Gasteiger partial charge in [0.15, 0.2) is 5.78 Å². The number of piperidine rings is 1. The number of benzene rings is 1. The summed E-state index contributed by atoms with van der Waals surface area (Å²) in [4.78, 5) is 28.7. The average molecular weight is 493 g/mol. The fourth-order valence-corrected chi connectivity index (χ4v) is 9.18. The van der Waals surface area contributed by atoms with Gasteiger partial charge < -0.3 is 10.2 Å². The lowest BCUT2D eigenvalue weighted by molar-refractivity contribution is -0.130. The number of fused-ring (bicyclic) bond motifs is 5. The standard InChI is InChI=1S/C31H41FN2O2/c1-30-17-15-26-24(19-33-28-18-23(35)14-16-31(26,28)2)25(30)12-13-27(30)29(36)34(21-6-4-3-5-7-21)22-10-8-20(32)9-11-22/h8-11,18,21,24-27,33H,3-7,12-17,19H2,1-2H3/t24-,25-,26-,27+,30-,31+/m0/s1. The van der Waals surface area contributed by atoms with Gasteiger partial charge in [0.05, 0.1) is 0 Å². The lowest BCUT2D eigenvalue weighted by atomic mass is 9.50. The third kappa shape index (κ3) is 3.75. The second-order valence-electron chi connectivity index (χ2n) is 12.9. The van der Waals surface area contributed by atoms with Crippen LogP contribution >= 0.6 is 0 Å². The Morgan fingerprint density at radius 2 is 1.72 bits per heavy atom. The summed E-state index contributed by atoms with van der Waals surface area (Å²) < 4.78 is 13.8. The van der Waals surface area contributed by atoms with Gasteiger partial charge in [0, 0.05) is 47.8 Å². The van der Waals surface area contributed by atoms with Crippen LogP contribution in [0.4, 0.5) is 10.1 Å². The third-order valence-corrected chi connectivity index (χ3v) is 11.2. The molecular weight excluding hydrogens is 451 g/mol. The van der Waals surface area contributed by atoms with E-state index in [-0.39, 0.29) is 40.3 Å². The number of carbonyl (C=O) groups is 2. The molecule has 1 aromatic rings. The predicted octanol–water partition coefficient (Wildman–Crippen LogP) is 6.41. The maximum atomic E-state index is 14.4. The van der Waals surface area contributed by atoms with Gasteiger partial charge in [0.25, 0.3) is 0 Å². The number of hydrogen-bond donors (Lipinski definition) is 1. The number of ketones is 1. The fraction of sp³-hybridized carbons (Fsp3) is 0.677. The van der Waals surface area contributed by atoms with Crippen LogP contribution in [0.1, 0.15) is 84.5 Å². The molecule has 3 saturated carbocycles. The van der Waals surface area contributed by atoms with Crippen LogP contribution in [0.25, 0.3) is 0 Å². The van der Waals surface area contributed by atoms with E-state index < -0.39 is 0 Å². The van der Waals surface area contributed by atoms with Gasteiger partial charge in [0.1, 0.15) is 5.82 Å². The van der Waals surface area contributed by atoms with E-state index in [1.807, 2.05) is 6.08 Å². The molecule has 0 spiro atoms. The van der Waals surface area contributed by atoms with Gasteiger partial charge in [-0.05, 0) is 92.4 Å². The molecule has 1 aliphatic heterocycles. The van der Waals surface area contributed by atoms with Gasteiger partial charge in [-0.2, -0.15) is 0 Å². The molecule has 0 radical (unpaired) electrons. The van der Waals surface area contributed by atoms with Crippen LogP contribution in [0.5, 0.6) is 0 Å². The van der Waals surface area contributed by atoms with E-state index in [4.69, 9.17) is 0 Å². The van der Waals surface area contributed by atoms with E-state index in [0.29, 0.717) is 24.2 Å². The Morgan fingerprint density at radius 3 is 2.47 bits per heavy atom. The molecule has 1 amide bonds. The van der Waals surface area contributed by atoms with Crippen molar-refractivity contribution in [3.8, 4) is 0 Å². The largest absolute Gasteiger partial charge is 0.387 e. The Labute approximate surface area is 215 Å². The summed E-state index contributed by atoms with van der Waals surface area (Å²) in [5, 5.41) is 3.68. The minimum atomic E-state index is -0.253. The van der Waals surface area contributed by atoms with Crippen molar-refractivity contribution in [1.82, 2.24) is 5.32 Å². The summed E-state index contributed by atoms with van der Waals surface area (Å²) in [5.41, 5.74) is 2.08. The minimum absolute atomic E-state index is 0.00502. The molecule has 6 rings (SSSR count). The number of hydrogen-bond acceptors (Lipinski definition) is 3. The maximum Gasteiger partial charge on any atom is 0.230 e. The van der Waals surface area contributed by atoms with Crippen LogP contribution in [0.3, 0.4) is 0 Å². The highest BCUT2D eigenvalue weighted by Gasteiger charge is 2.61. The van der Waals surface area contributed by atoms with Crippen molar-refractivity contribution in [2.45, 2.75) is 90.5 Å². The smallest absolute Gasteiger partial charge is 0.230 e. The Morgan fingerprint density at radius 1 is 0.972 bits per heavy atom. The molecule has 194 valence electrons. The number of anilines is 1. The monoisotopic (exact) mass is 492 g/mol. The number of rotatable bonds is 3. The van der Waals surface area contributed by atoms with E-state index >= 15 is 0 Å². The summed E-state index contributed by atoms with van der Waals surface area (Å²) in [5.74, 6) is 1.95. The van der Waals surface area contributed by atoms with Crippen molar-refractivity contribution in [1.29, 1.82) is 0 Å². The van der Waals surface area contributed by atoms with Crippen molar-refractivity contribution >= 4 is 17.4 Å². The Bertz CT molecular complexity index is 1060. The molecule has 0 bridgehead atoms. The molecule has 36 heavy (non-hydrogen) atoms. The molecule has 1 N–H and O–H groups in total. The first kappa shape index (κ1) is 24.2. The quantitative estimate of drug-likeness (QED) is 0.531. The van der Waals surface area contributed by atoms with E-state index in [0.717, 1.165) is 75.7 Å². The summed E-state index contributed by atoms with van der Waals surface area (Å²) in [6, 6.07) is 6.82. The molecular formula is C31H41FN2O2. The maximum absolute atomic E-state index is 14.4. The van der Waals surface area contributed by atoms with E-state index in [9.17, 15) is 14.0 Å². The molecule has 1 heterocycles. The molecule has 5 heteroatoms. The SMILES string of the molecule is C[C@]12CC[C@H]3[C@@H](CNC4=CC(=O)CC[C@@]43C)[C@@H]1CC[C@@H]2C(=O)N(c1ccc(F)cc1)C1CCCCC1. The summed E-state index contributed by atoms with van der Waals surface area (Å²) in [6.45, 7) is 5.69. The molecule has 4 aliphatic carbocycles. The topological polar surface area (TPSA) is 49.4 Å². The number of carbonyl (C=O) groups excluding carboxylic acids is 2. The summed E-state index contributed by atoms with van der Waals surface area (Å²) >= 11 is 0. The highest BCUT2D eigenvalue weighted by Crippen LogP contribution is 2.64. The number of halogens is 1. The van der Waals surface area contributed by atoms with Crippen LogP contribution in [0, 0.1) is 40.3 Å². The second kappa shape index (κ2) is 8.99. The molecule has 0 aromatic heterocycles. The highest BCUT2D eigenvalue weighted by atomic mass is 19.1. The number of nitrogens with one attached hydrogen (secondary N) is 1. The van der Waals surface area contributed by atoms with Crippen LogP contribution in [-0.4, -0.2) is 24.3 Å². The van der Waals surface area contributed by atoms with Crippen LogP contribution in [0.15, 0.2) is 36.0 Å². The summed E-state index contributed by atoms with van der Waals surface area (Å²) in [7, 11) is 0. The van der Waals surface area contributed by atoms with Crippen LogP contribution < -0.4 is 10.2 Å². The zero-order valence-electron chi connectivity index (χ0n) is 21.9. The van der Waals surface area contributed by atoms with Gasteiger partial charge in [-0.3, -0.25) is 9.59 Å². The zero-order chi connectivity index (χ0) is 25.1. The van der Waals surface area contributed by atoms with Gasteiger partial charge in [-0.1, -0.05) is 33.1 Å². The lowest BCUT2D eigenvalue weighted by Gasteiger charge is -2.58. The molecule has 1 aromatic carbocycles. The number of allylic oxidation sites excluding steroid dienone is 2. The highest BCUT2D eigenvalue weighted by molar-refractivity contribution is 5.96. The predicted molar refractivity (Wildman–Crippen MR) is 140 cm³/mol. The van der Waals surface area contributed by atoms with E-state index in [2.05, 4.69) is 24.1 Å². The summed E-state index contributed by atoms with van der Waals surface area (Å²) in [6.07, 6.45) is 13.4. The van der Waals surface area contributed by atoms with Gasteiger partial charge in [-0.15, -0.1) is 0 Å². The van der Waals surface area contributed by atoms with Crippen molar-refractivity contribution < 1.29 is 14.0 Å². The zero-order valence-corrected chi connectivity index (χ0v) is 21.9. The van der Waals surface area contributed by atoms with Crippen LogP contribution in [0.2, 0.25) is 0 Å². The van der Waals surface area contributed by atoms with E-state index in [1.165, 1.54) is 18.6 Å². The van der Waals surface area contributed by atoms with Gasteiger partial charge >= 0.3 is 0 Å². The third-order valence-electron chi connectivity index (χ3n) is 11.2. The molecule has 0 unspecified atom stereocenters. The normalized spacial score (nSPS) is 38.3. The Balaban J connectivity index is 1.29. The molecule has 5 aliphatic rings. The van der Waals surface area contributed by atoms with Crippen molar-refractivity contribution in [2.24, 2.45) is 34.5 Å². The Hall–Kier alpha value is -2.17. The molecule has 4 nitrogen and oxygen atoms in total. The van der Waals surface area contributed by atoms with Gasteiger partial charge in [0.2, 0.25) is 5.91 Å². The molecule has 4 fully saturated rings. The van der Waals surface area contributed by atoms with E-state index in [1.54, 1.807) is 12.1 Å². The first-order chi connectivity index (χ1) is 17.3. The first-order valence-electron chi connectivity index (χ1n) is 14.4.